The van der Waals surface area contributed by atoms with Crippen LogP contribution in [-0.2, 0) is 0 Å². The maximum absolute atomic E-state index is 12.0. The summed E-state index contributed by atoms with van der Waals surface area (Å²) in [6.07, 6.45) is 1.61. The van der Waals surface area contributed by atoms with Crippen molar-refractivity contribution in [2.24, 2.45) is 0 Å². The molecule has 1 amide bonds. The van der Waals surface area contributed by atoms with E-state index < -0.39 is 0 Å². The van der Waals surface area contributed by atoms with Crippen molar-refractivity contribution in [2.75, 3.05) is 5.32 Å². The monoisotopic (exact) mass is 304 g/mol. The Morgan fingerprint density at radius 3 is 2.67 bits per heavy atom. The summed E-state index contributed by atoms with van der Waals surface area (Å²) >= 11 is 3.29. The van der Waals surface area contributed by atoms with Crippen LogP contribution < -0.4 is 5.32 Å². The maximum atomic E-state index is 12.0. The van der Waals surface area contributed by atoms with Gasteiger partial charge in [-0.05, 0) is 59.1 Å². The molecule has 18 heavy (non-hydrogen) atoms. The van der Waals surface area contributed by atoms with Gasteiger partial charge in [0.05, 0.1) is 0 Å². The van der Waals surface area contributed by atoms with Crippen molar-refractivity contribution in [1.82, 2.24) is 4.98 Å². The highest BCUT2D eigenvalue weighted by atomic mass is 79.9. The van der Waals surface area contributed by atoms with Gasteiger partial charge in [0.25, 0.3) is 5.91 Å². The summed E-state index contributed by atoms with van der Waals surface area (Å²) < 4.78 is 0.853. The molecule has 0 aliphatic rings. The number of halogens is 1. The zero-order valence-corrected chi connectivity index (χ0v) is 11.8. The van der Waals surface area contributed by atoms with E-state index in [0.29, 0.717) is 5.69 Å². The number of aromatic nitrogens is 1. The maximum Gasteiger partial charge on any atom is 0.274 e. The van der Waals surface area contributed by atoms with Gasteiger partial charge < -0.3 is 5.32 Å². The molecular formula is C14H13BrN2O. The molecule has 1 aromatic carbocycles. The third-order valence-corrected chi connectivity index (χ3v) is 3.07. The molecule has 1 heterocycles. The zero-order chi connectivity index (χ0) is 13.1. The highest BCUT2D eigenvalue weighted by molar-refractivity contribution is 9.10. The lowest BCUT2D eigenvalue weighted by molar-refractivity contribution is 0.102. The Kier molecular flexibility index (Phi) is 3.77. The number of pyridine rings is 1. The first-order chi connectivity index (χ1) is 8.56. The van der Waals surface area contributed by atoms with E-state index in [0.717, 1.165) is 21.3 Å². The van der Waals surface area contributed by atoms with Crippen LogP contribution in [0.2, 0.25) is 0 Å². The molecule has 0 saturated carbocycles. The fourth-order valence-electron chi connectivity index (χ4n) is 1.57. The SMILES string of the molecule is Cc1ccc(C)c(NC(=O)c2ccc(Br)cn2)c1. The number of carbonyl (C=O) groups excluding carboxylic acids is 1. The number of rotatable bonds is 2. The fourth-order valence-corrected chi connectivity index (χ4v) is 1.80. The minimum Gasteiger partial charge on any atom is -0.320 e. The lowest BCUT2D eigenvalue weighted by Gasteiger charge is -2.08. The summed E-state index contributed by atoms with van der Waals surface area (Å²) in [5, 5.41) is 2.87. The van der Waals surface area contributed by atoms with E-state index in [1.165, 1.54) is 0 Å². The van der Waals surface area contributed by atoms with Gasteiger partial charge in [0.1, 0.15) is 5.69 Å². The van der Waals surface area contributed by atoms with Gasteiger partial charge in [0.15, 0.2) is 0 Å². The topological polar surface area (TPSA) is 42.0 Å². The van der Waals surface area contributed by atoms with Crippen LogP contribution in [0.4, 0.5) is 5.69 Å². The molecule has 0 fully saturated rings. The summed E-state index contributed by atoms with van der Waals surface area (Å²) in [4.78, 5) is 16.1. The molecule has 4 heteroatoms. The number of hydrogen-bond donors (Lipinski definition) is 1. The van der Waals surface area contributed by atoms with Crippen LogP contribution >= 0.6 is 15.9 Å². The van der Waals surface area contributed by atoms with Crippen LogP contribution in [0, 0.1) is 13.8 Å². The van der Waals surface area contributed by atoms with Gasteiger partial charge in [-0.3, -0.25) is 4.79 Å². The van der Waals surface area contributed by atoms with Crippen LogP contribution in [0.15, 0.2) is 41.0 Å². The number of anilines is 1. The Morgan fingerprint density at radius 2 is 2.00 bits per heavy atom. The van der Waals surface area contributed by atoms with Gasteiger partial charge in [-0.15, -0.1) is 0 Å². The van der Waals surface area contributed by atoms with Crippen LogP contribution in [0.3, 0.4) is 0 Å². The van der Waals surface area contributed by atoms with Crippen LogP contribution in [-0.4, -0.2) is 10.9 Å². The smallest absolute Gasteiger partial charge is 0.274 e. The molecule has 0 saturated heterocycles. The lowest BCUT2D eigenvalue weighted by atomic mass is 10.1. The number of amides is 1. The van der Waals surface area contributed by atoms with Crippen molar-refractivity contribution in [3.05, 3.63) is 57.8 Å². The van der Waals surface area contributed by atoms with E-state index in [1.54, 1.807) is 18.3 Å². The number of benzene rings is 1. The number of hydrogen-bond acceptors (Lipinski definition) is 2. The van der Waals surface area contributed by atoms with E-state index in [2.05, 4.69) is 26.2 Å². The number of carbonyl (C=O) groups is 1. The summed E-state index contributed by atoms with van der Waals surface area (Å²) in [6, 6.07) is 9.43. The minimum absolute atomic E-state index is 0.198. The summed E-state index contributed by atoms with van der Waals surface area (Å²) in [5.41, 5.74) is 3.37. The highest BCUT2D eigenvalue weighted by Crippen LogP contribution is 2.17. The van der Waals surface area contributed by atoms with Crippen molar-refractivity contribution >= 4 is 27.5 Å². The second-order valence-electron chi connectivity index (χ2n) is 4.13. The molecule has 3 nitrogen and oxygen atoms in total. The first-order valence-corrected chi connectivity index (χ1v) is 6.36. The predicted molar refractivity (Wildman–Crippen MR) is 75.8 cm³/mol. The first kappa shape index (κ1) is 12.8. The second kappa shape index (κ2) is 5.31. The number of nitrogens with zero attached hydrogens (tertiary/aromatic N) is 1. The summed E-state index contributed by atoms with van der Waals surface area (Å²) in [7, 11) is 0. The molecule has 0 radical (unpaired) electrons. The Labute approximate surface area is 114 Å². The van der Waals surface area contributed by atoms with Gasteiger partial charge in [0.2, 0.25) is 0 Å². The second-order valence-corrected chi connectivity index (χ2v) is 5.05. The molecule has 2 aromatic rings. The van der Waals surface area contributed by atoms with Crippen molar-refractivity contribution in [3.63, 3.8) is 0 Å². The van der Waals surface area contributed by atoms with Crippen LogP contribution in [0.1, 0.15) is 21.6 Å². The van der Waals surface area contributed by atoms with E-state index in [-0.39, 0.29) is 5.91 Å². The third-order valence-electron chi connectivity index (χ3n) is 2.60. The normalized spacial score (nSPS) is 10.2. The minimum atomic E-state index is -0.198. The zero-order valence-electron chi connectivity index (χ0n) is 10.2. The first-order valence-electron chi connectivity index (χ1n) is 5.56. The molecular weight excluding hydrogens is 292 g/mol. The Bertz CT molecular complexity index is 579. The number of aryl methyl sites for hydroxylation is 2. The van der Waals surface area contributed by atoms with Crippen LogP contribution in [0.5, 0.6) is 0 Å². The number of nitrogens with one attached hydrogen (secondary N) is 1. The van der Waals surface area contributed by atoms with Gasteiger partial charge in [0, 0.05) is 16.4 Å². The highest BCUT2D eigenvalue weighted by Gasteiger charge is 2.08. The summed E-state index contributed by atoms with van der Waals surface area (Å²) in [5.74, 6) is -0.198. The van der Waals surface area contributed by atoms with Crippen LogP contribution in [0.25, 0.3) is 0 Å². The van der Waals surface area contributed by atoms with Crippen molar-refractivity contribution in [3.8, 4) is 0 Å². The third kappa shape index (κ3) is 2.96. The standard InChI is InChI=1S/C14H13BrN2O/c1-9-3-4-10(2)13(7-9)17-14(18)12-6-5-11(15)8-16-12/h3-8H,1-2H3,(H,17,18). The average molecular weight is 305 g/mol. The molecule has 0 spiro atoms. The lowest BCUT2D eigenvalue weighted by Crippen LogP contribution is -2.14. The van der Waals surface area contributed by atoms with Crippen molar-refractivity contribution in [1.29, 1.82) is 0 Å². The molecule has 0 atom stereocenters. The van der Waals surface area contributed by atoms with Gasteiger partial charge in [-0.1, -0.05) is 12.1 Å². The molecule has 1 aromatic heterocycles. The largest absolute Gasteiger partial charge is 0.320 e. The van der Waals surface area contributed by atoms with E-state index in [1.807, 2.05) is 32.0 Å². The van der Waals surface area contributed by atoms with Crippen molar-refractivity contribution in [2.45, 2.75) is 13.8 Å². The van der Waals surface area contributed by atoms with E-state index in [9.17, 15) is 4.79 Å². The Morgan fingerprint density at radius 1 is 1.22 bits per heavy atom. The van der Waals surface area contributed by atoms with Crippen molar-refractivity contribution < 1.29 is 4.79 Å². The van der Waals surface area contributed by atoms with Gasteiger partial charge in [-0.2, -0.15) is 0 Å². The van der Waals surface area contributed by atoms with Gasteiger partial charge >= 0.3 is 0 Å². The quantitative estimate of drug-likeness (QED) is 0.919. The van der Waals surface area contributed by atoms with E-state index >= 15 is 0 Å². The van der Waals surface area contributed by atoms with Gasteiger partial charge in [-0.25, -0.2) is 4.98 Å². The van der Waals surface area contributed by atoms with E-state index in [4.69, 9.17) is 0 Å². The Balaban J connectivity index is 2.21. The predicted octanol–water partition coefficient (Wildman–Crippen LogP) is 3.71. The summed E-state index contributed by atoms with van der Waals surface area (Å²) in [6.45, 7) is 3.96. The fraction of sp³-hybridized carbons (Fsp3) is 0.143. The Hall–Kier alpha value is -1.68. The molecule has 0 unspecified atom stereocenters. The molecule has 2 rings (SSSR count). The average Bonchev–Trinajstić information content (AvgIpc) is 2.34. The molecule has 1 N–H and O–H groups in total. The molecule has 0 bridgehead atoms. The molecule has 0 aliphatic heterocycles. The molecule has 0 aliphatic carbocycles. The molecule has 92 valence electrons.